The van der Waals surface area contributed by atoms with Crippen LogP contribution in [0.2, 0.25) is 0 Å². The second-order valence-corrected chi connectivity index (χ2v) is 5.27. The molecule has 2 atom stereocenters. The SMILES string of the molecule is CCC(CC)(NC(=O)C1CCCC(N)C1)C(N)=O. The van der Waals surface area contributed by atoms with E-state index in [4.69, 9.17) is 11.5 Å². The monoisotopic (exact) mass is 255 g/mol. The van der Waals surface area contributed by atoms with Crippen molar-refractivity contribution >= 4 is 11.8 Å². The molecule has 2 amide bonds. The molecule has 18 heavy (non-hydrogen) atoms. The first-order valence-electron chi connectivity index (χ1n) is 6.82. The zero-order valence-corrected chi connectivity index (χ0v) is 11.4. The molecule has 1 rings (SSSR count). The molecule has 0 aromatic rings. The van der Waals surface area contributed by atoms with Gasteiger partial charge in [-0.25, -0.2) is 0 Å². The molecule has 1 aliphatic rings. The quantitative estimate of drug-likeness (QED) is 0.673. The Bertz CT molecular complexity index is 313. The third kappa shape index (κ3) is 3.22. The second-order valence-electron chi connectivity index (χ2n) is 5.27. The van der Waals surface area contributed by atoms with Crippen molar-refractivity contribution in [2.24, 2.45) is 17.4 Å². The summed E-state index contributed by atoms with van der Waals surface area (Å²) < 4.78 is 0. The lowest BCUT2D eigenvalue weighted by molar-refractivity contribution is -0.134. The van der Waals surface area contributed by atoms with Crippen molar-refractivity contribution < 1.29 is 9.59 Å². The Morgan fingerprint density at radius 3 is 2.33 bits per heavy atom. The van der Waals surface area contributed by atoms with Gasteiger partial charge >= 0.3 is 0 Å². The Hall–Kier alpha value is -1.10. The van der Waals surface area contributed by atoms with Crippen molar-refractivity contribution in [2.45, 2.75) is 64.0 Å². The van der Waals surface area contributed by atoms with Crippen LogP contribution in [0.3, 0.4) is 0 Å². The fourth-order valence-corrected chi connectivity index (χ4v) is 2.64. The van der Waals surface area contributed by atoms with E-state index in [2.05, 4.69) is 5.32 Å². The number of nitrogens with one attached hydrogen (secondary N) is 1. The molecule has 5 N–H and O–H groups in total. The Kier molecular flexibility index (Phi) is 5.14. The van der Waals surface area contributed by atoms with Gasteiger partial charge in [0.2, 0.25) is 11.8 Å². The van der Waals surface area contributed by atoms with Crippen LogP contribution in [0, 0.1) is 5.92 Å². The summed E-state index contributed by atoms with van der Waals surface area (Å²) in [5.74, 6) is -0.612. The second kappa shape index (κ2) is 6.18. The van der Waals surface area contributed by atoms with Gasteiger partial charge < -0.3 is 16.8 Å². The van der Waals surface area contributed by atoms with E-state index in [0.29, 0.717) is 19.3 Å². The fraction of sp³-hybridized carbons (Fsp3) is 0.846. The smallest absolute Gasteiger partial charge is 0.243 e. The van der Waals surface area contributed by atoms with E-state index in [-0.39, 0.29) is 17.9 Å². The third-order valence-corrected chi connectivity index (χ3v) is 4.13. The van der Waals surface area contributed by atoms with Crippen molar-refractivity contribution in [3.63, 3.8) is 0 Å². The Labute approximate surface area is 109 Å². The minimum absolute atomic E-state index is 0.0762. The zero-order valence-electron chi connectivity index (χ0n) is 11.4. The highest BCUT2D eigenvalue weighted by Gasteiger charge is 2.37. The van der Waals surface area contributed by atoms with Crippen molar-refractivity contribution in [1.82, 2.24) is 5.32 Å². The fourth-order valence-electron chi connectivity index (χ4n) is 2.64. The first kappa shape index (κ1) is 15.0. The van der Waals surface area contributed by atoms with Gasteiger partial charge in [0.05, 0.1) is 0 Å². The predicted molar refractivity (Wildman–Crippen MR) is 70.6 cm³/mol. The average Bonchev–Trinajstić information content (AvgIpc) is 2.35. The topological polar surface area (TPSA) is 98.2 Å². The first-order valence-corrected chi connectivity index (χ1v) is 6.82. The van der Waals surface area contributed by atoms with Gasteiger partial charge in [-0.3, -0.25) is 9.59 Å². The van der Waals surface area contributed by atoms with Crippen LogP contribution in [0.25, 0.3) is 0 Å². The summed E-state index contributed by atoms with van der Waals surface area (Å²) in [6, 6.07) is 0.0979. The minimum Gasteiger partial charge on any atom is -0.368 e. The Morgan fingerprint density at radius 1 is 1.28 bits per heavy atom. The largest absolute Gasteiger partial charge is 0.368 e. The molecule has 1 saturated carbocycles. The maximum Gasteiger partial charge on any atom is 0.243 e. The standard InChI is InChI=1S/C13H25N3O2/c1-3-13(4-2,12(15)18)16-11(17)9-6-5-7-10(14)8-9/h9-10H,3-8,14H2,1-2H3,(H2,15,18)(H,16,17). The summed E-state index contributed by atoms with van der Waals surface area (Å²) in [5.41, 5.74) is 10.4. The summed E-state index contributed by atoms with van der Waals surface area (Å²) in [6.07, 6.45) is 4.54. The van der Waals surface area contributed by atoms with E-state index in [1.54, 1.807) is 0 Å². The molecule has 0 saturated heterocycles. The number of carbonyl (C=O) groups is 2. The lowest BCUT2D eigenvalue weighted by Crippen LogP contribution is -2.58. The molecule has 1 fully saturated rings. The van der Waals surface area contributed by atoms with Gasteiger partial charge in [-0.1, -0.05) is 20.3 Å². The van der Waals surface area contributed by atoms with Crippen molar-refractivity contribution in [2.75, 3.05) is 0 Å². The van der Waals surface area contributed by atoms with E-state index in [9.17, 15) is 9.59 Å². The van der Waals surface area contributed by atoms with Crippen LogP contribution in [-0.2, 0) is 9.59 Å². The number of nitrogens with two attached hydrogens (primary N) is 2. The number of rotatable bonds is 5. The molecule has 0 radical (unpaired) electrons. The molecule has 0 aromatic heterocycles. The molecular formula is C13H25N3O2. The minimum atomic E-state index is -0.904. The molecule has 104 valence electrons. The number of amides is 2. The van der Waals surface area contributed by atoms with E-state index in [0.717, 1.165) is 19.3 Å². The highest BCUT2D eigenvalue weighted by Crippen LogP contribution is 2.25. The number of hydrogen-bond donors (Lipinski definition) is 3. The van der Waals surface area contributed by atoms with Gasteiger partial charge in [0, 0.05) is 12.0 Å². The lowest BCUT2D eigenvalue weighted by Gasteiger charge is -2.33. The normalized spacial score (nSPS) is 24.6. The lowest BCUT2D eigenvalue weighted by atomic mass is 9.84. The van der Waals surface area contributed by atoms with Gasteiger partial charge in [-0.15, -0.1) is 0 Å². The number of primary amides is 1. The van der Waals surface area contributed by atoms with Crippen LogP contribution in [0.4, 0.5) is 0 Å². The van der Waals surface area contributed by atoms with Gasteiger partial charge in [0.15, 0.2) is 0 Å². The Balaban J connectivity index is 2.69. The number of hydrogen-bond acceptors (Lipinski definition) is 3. The highest BCUT2D eigenvalue weighted by molar-refractivity contribution is 5.91. The molecule has 0 heterocycles. The third-order valence-electron chi connectivity index (χ3n) is 4.13. The van der Waals surface area contributed by atoms with Crippen LogP contribution in [-0.4, -0.2) is 23.4 Å². The van der Waals surface area contributed by atoms with Crippen LogP contribution in [0.1, 0.15) is 52.4 Å². The van der Waals surface area contributed by atoms with Crippen molar-refractivity contribution in [3.05, 3.63) is 0 Å². The summed E-state index contributed by atoms with van der Waals surface area (Å²) in [5, 5.41) is 2.85. The summed E-state index contributed by atoms with van der Waals surface area (Å²) in [6.45, 7) is 3.72. The van der Waals surface area contributed by atoms with E-state index in [1.165, 1.54) is 0 Å². The summed E-state index contributed by atoms with van der Waals surface area (Å²) >= 11 is 0. The zero-order chi connectivity index (χ0) is 13.8. The summed E-state index contributed by atoms with van der Waals surface area (Å²) in [4.78, 5) is 23.8. The molecule has 0 spiro atoms. The number of carbonyl (C=O) groups excluding carboxylic acids is 2. The molecule has 2 unspecified atom stereocenters. The van der Waals surface area contributed by atoms with Gasteiger partial charge in [-0.2, -0.15) is 0 Å². The van der Waals surface area contributed by atoms with Gasteiger partial charge in [-0.05, 0) is 32.1 Å². The molecule has 5 heteroatoms. The van der Waals surface area contributed by atoms with Crippen molar-refractivity contribution in [3.8, 4) is 0 Å². The van der Waals surface area contributed by atoms with Crippen molar-refractivity contribution in [1.29, 1.82) is 0 Å². The summed E-state index contributed by atoms with van der Waals surface area (Å²) in [7, 11) is 0. The maximum atomic E-state index is 12.2. The van der Waals surface area contributed by atoms with Gasteiger partial charge in [0.25, 0.3) is 0 Å². The average molecular weight is 255 g/mol. The molecule has 5 nitrogen and oxygen atoms in total. The molecular weight excluding hydrogens is 230 g/mol. The Morgan fingerprint density at radius 2 is 1.89 bits per heavy atom. The maximum absolute atomic E-state index is 12.2. The molecule has 1 aliphatic carbocycles. The van der Waals surface area contributed by atoms with E-state index >= 15 is 0 Å². The molecule has 0 bridgehead atoms. The van der Waals surface area contributed by atoms with E-state index < -0.39 is 11.4 Å². The first-order chi connectivity index (χ1) is 8.45. The van der Waals surface area contributed by atoms with Gasteiger partial charge in [0.1, 0.15) is 5.54 Å². The van der Waals surface area contributed by atoms with E-state index in [1.807, 2.05) is 13.8 Å². The highest BCUT2D eigenvalue weighted by atomic mass is 16.2. The molecule has 0 aliphatic heterocycles. The van der Waals surface area contributed by atoms with Crippen LogP contribution < -0.4 is 16.8 Å². The predicted octanol–water partition coefficient (Wildman–Crippen LogP) is 0.664. The van der Waals surface area contributed by atoms with Crippen LogP contribution >= 0.6 is 0 Å². The van der Waals surface area contributed by atoms with Crippen LogP contribution in [0.5, 0.6) is 0 Å². The molecule has 0 aromatic carbocycles. The van der Waals surface area contributed by atoms with Crippen LogP contribution in [0.15, 0.2) is 0 Å².